The quantitative estimate of drug-likeness (QED) is 0.887. The Bertz CT molecular complexity index is 732. The summed E-state index contributed by atoms with van der Waals surface area (Å²) in [6.07, 6.45) is 0. The number of benzene rings is 2. The molecule has 2 aromatic carbocycles. The van der Waals surface area contributed by atoms with Gasteiger partial charge in [0, 0.05) is 12.1 Å². The smallest absolute Gasteiger partial charge is 0.251 e. The summed E-state index contributed by atoms with van der Waals surface area (Å²) in [5.74, 6) is 1.45. The number of ether oxygens (including phenoxy) is 2. The van der Waals surface area contributed by atoms with Gasteiger partial charge in [-0.1, -0.05) is 23.8 Å². The van der Waals surface area contributed by atoms with E-state index in [-0.39, 0.29) is 31.1 Å². The summed E-state index contributed by atoms with van der Waals surface area (Å²) in [5.41, 5.74) is 2.88. The van der Waals surface area contributed by atoms with Gasteiger partial charge >= 0.3 is 0 Å². The van der Waals surface area contributed by atoms with Crippen LogP contribution < -0.4 is 14.8 Å². The molecule has 25 heavy (non-hydrogen) atoms. The molecule has 6 heteroatoms. The van der Waals surface area contributed by atoms with E-state index in [2.05, 4.69) is 10.2 Å². The van der Waals surface area contributed by atoms with Crippen LogP contribution in [0.15, 0.2) is 42.5 Å². The molecule has 0 saturated heterocycles. The van der Waals surface area contributed by atoms with E-state index < -0.39 is 0 Å². The van der Waals surface area contributed by atoms with Gasteiger partial charge in [0.25, 0.3) is 5.91 Å². The zero-order valence-corrected chi connectivity index (χ0v) is 15.4. The Kier molecular flexibility index (Phi) is 6.28. The van der Waals surface area contributed by atoms with E-state index in [0.717, 1.165) is 22.6 Å². The largest absolute Gasteiger partial charge is 0.454 e. The van der Waals surface area contributed by atoms with Crippen LogP contribution in [0.4, 0.5) is 0 Å². The zero-order chi connectivity index (χ0) is 17.1. The second-order valence-electron chi connectivity index (χ2n) is 6.17. The first-order chi connectivity index (χ1) is 11.5. The van der Waals surface area contributed by atoms with Crippen molar-refractivity contribution in [1.29, 1.82) is 0 Å². The Morgan fingerprint density at radius 1 is 1.12 bits per heavy atom. The number of rotatable bonds is 5. The number of carbonyl (C=O) groups is 1. The maximum absolute atomic E-state index is 12.3. The minimum atomic E-state index is -0.0670. The number of hydrogen-bond donors (Lipinski definition) is 1. The molecule has 5 nitrogen and oxygen atoms in total. The van der Waals surface area contributed by atoms with Crippen LogP contribution in [0.2, 0.25) is 0 Å². The van der Waals surface area contributed by atoms with Crippen molar-refractivity contribution < 1.29 is 14.3 Å². The summed E-state index contributed by atoms with van der Waals surface area (Å²) in [6.45, 7) is 2.78. The van der Waals surface area contributed by atoms with Crippen molar-refractivity contribution in [2.75, 3.05) is 27.4 Å². The number of aryl methyl sites for hydroxylation is 1. The Morgan fingerprint density at radius 2 is 1.80 bits per heavy atom. The predicted molar refractivity (Wildman–Crippen MR) is 99.8 cm³/mol. The molecule has 0 aliphatic carbocycles. The van der Waals surface area contributed by atoms with Gasteiger partial charge in [-0.05, 0) is 50.8 Å². The summed E-state index contributed by atoms with van der Waals surface area (Å²) in [6, 6.07) is 13.5. The van der Waals surface area contributed by atoms with Gasteiger partial charge in [-0.2, -0.15) is 0 Å². The van der Waals surface area contributed by atoms with Crippen LogP contribution in [0.1, 0.15) is 27.5 Å². The molecule has 1 heterocycles. The van der Waals surface area contributed by atoms with E-state index in [1.165, 1.54) is 0 Å². The molecule has 1 unspecified atom stereocenters. The van der Waals surface area contributed by atoms with Gasteiger partial charge in [0.2, 0.25) is 6.79 Å². The Hall–Kier alpha value is -2.24. The fourth-order valence-corrected chi connectivity index (χ4v) is 2.72. The molecule has 0 fully saturated rings. The third-order valence-corrected chi connectivity index (χ3v) is 4.17. The third-order valence-electron chi connectivity index (χ3n) is 4.17. The van der Waals surface area contributed by atoms with Crippen LogP contribution in [0.25, 0.3) is 0 Å². The molecular weight excluding hydrogens is 340 g/mol. The third kappa shape index (κ3) is 4.44. The van der Waals surface area contributed by atoms with Crippen molar-refractivity contribution in [3.05, 3.63) is 59.2 Å². The molecule has 2 aromatic rings. The SMILES string of the molecule is Cc1ccc(C(=O)NCC(c2ccc3c(c2)OCO3)N(C)C)cc1.Cl. The highest BCUT2D eigenvalue weighted by Crippen LogP contribution is 2.34. The number of carbonyl (C=O) groups excluding carboxylic acids is 1. The highest BCUT2D eigenvalue weighted by molar-refractivity contribution is 5.94. The predicted octanol–water partition coefficient (Wildman–Crippen LogP) is 3.18. The summed E-state index contributed by atoms with van der Waals surface area (Å²) in [7, 11) is 3.99. The Morgan fingerprint density at radius 3 is 2.48 bits per heavy atom. The first-order valence-electron chi connectivity index (χ1n) is 7.95. The number of likely N-dealkylation sites (N-methyl/N-ethyl adjacent to an activating group) is 1. The molecule has 0 aromatic heterocycles. The van der Waals surface area contributed by atoms with Crippen LogP contribution in [0, 0.1) is 6.92 Å². The van der Waals surface area contributed by atoms with Gasteiger partial charge in [-0.25, -0.2) is 0 Å². The van der Waals surface area contributed by atoms with Gasteiger partial charge in [0.05, 0.1) is 6.04 Å². The molecule has 1 atom stereocenters. The average Bonchev–Trinajstić information content (AvgIpc) is 3.03. The van der Waals surface area contributed by atoms with Crippen molar-refractivity contribution in [3.8, 4) is 11.5 Å². The van der Waals surface area contributed by atoms with Gasteiger partial charge in [0.1, 0.15) is 0 Å². The lowest BCUT2D eigenvalue weighted by Gasteiger charge is -2.25. The minimum Gasteiger partial charge on any atom is -0.454 e. The summed E-state index contributed by atoms with van der Waals surface area (Å²) in [5, 5.41) is 3.01. The van der Waals surface area contributed by atoms with Crippen molar-refractivity contribution in [2.24, 2.45) is 0 Å². The second-order valence-corrected chi connectivity index (χ2v) is 6.17. The topological polar surface area (TPSA) is 50.8 Å². The maximum atomic E-state index is 12.3. The molecule has 3 rings (SSSR count). The number of hydrogen-bond acceptors (Lipinski definition) is 4. The van der Waals surface area contributed by atoms with Crippen LogP contribution in [-0.4, -0.2) is 38.2 Å². The van der Waals surface area contributed by atoms with E-state index in [0.29, 0.717) is 12.1 Å². The fourth-order valence-electron chi connectivity index (χ4n) is 2.72. The lowest BCUT2D eigenvalue weighted by atomic mass is 10.0. The highest BCUT2D eigenvalue weighted by Gasteiger charge is 2.20. The number of halogens is 1. The van der Waals surface area contributed by atoms with Crippen LogP contribution >= 0.6 is 12.4 Å². The van der Waals surface area contributed by atoms with Crippen molar-refractivity contribution in [1.82, 2.24) is 10.2 Å². The van der Waals surface area contributed by atoms with Crippen molar-refractivity contribution in [3.63, 3.8) is 0 Å². The van der Waals surface area contributed by atoms with Crippen LogP contribution in [0.3, 0.4) is 0 Å². The van der Waals surface area contributed by atoms with Crippen LogP contribution in [0.5, 0.6) is 11.5 Å². The first kappa shape index (κ1) is 19.1. The minimum absolute atomic E-state index is 0. The number of nitrogens with one attached hydrogen (secondary N) is 1. The van der Waals surface area contributed by atoms with Gasteiger partial charge < -0.3 is 19.7 Å². The normalized spacial score (nSPS) is 13.3. The molecule has 0 spiro atoms. The van der Waals surface area contributed by atoms with E-state index in [1.54, 1.807) is 0 Å². The molecule has 0 bridgehead atoms. The van der Waals surface area contributed by atoms with Gasteiger partial charge in [-0.3, -0.25) is 4.79 Å². The maximum Gasteiger partial charge on any atom is 0.251 e. The molecular formula is C19H23ClN2O3. The zero-order valence-electron chi connectivity index (χ0n) is 14.6. The van der Waals surface area contributed by atoms with Gasteiger partial charge in [0.15, 0.2) is 11.5 Å². The first-order valence-corrected chi connectivity index (χ1v) is 7.95. The van der Waals surface area contributed by atoms with Crippen molar-refractivity contribution in [2.45, 2.75) is 13.0 Å². The van der Waals surface area contributed by atoms with E-state index >= 15 is 0 Å². The van der Waals surface area contributed by atoms with E-state index in [9.17, 15) is 4.79 Å². The molecule has 0 radical (unpaired) electrons. The van der Waals surface area contributed by atoms with E-state index in [4.69, 9.17) is 9.47 Å². The molecule has 0 saturated carbocycles. The monoisotopic (exact) mass is 362 g/mol. The highest BCUT2D eigenvalue weighted by atomic mass is 35.5. The standard InChI is InChI=1S/C19H22N2O3.ClH/c1-13-4-6-14(7-5-13)19(22)20-11-16(21(2)3)15-8-9-17-18(10-15)24-12-23-17;/h4-10,16H,11-12H2,1-3H3,(H,20,22);1H. The number of nitrogens with zero attached hydrogens (tertiary/aromatic N) is 1. The summed E-state index contributed by atoms with van der Waals surface area (Å²) in [4.78, 5) is 14.4. The fraction of sp³-hybridized carbons (Fsp3) is 0.316. The lowest BCUT2D eigenvalue weighted by molar-refractivity contribution is 0.0942. The summed E-state index contributed by atoms with van der Waals surface area (Å²) < 4.78 is 10.8. The Balaban J connectivity index is 0.00000225. The molecule has 1 amide bonds. The molecule has 134 valence electrons. The molecule has 1 aliphatic heterocycles. The number of amides is 1. The lowest BCUT2D eigenvalue weighted by Crippen LogP contribution is -2.34. The molecule has 1 N–H and O–H groups in total. The van der Waals surface area contributed by atoms with Crippen LogP contribution in [-0.2, 0) is 0 Å². The second kappa shape index (κ2) is 8.23. The van der Waals surface area contributed by atoms with E-state index in [1.807, 2.05) is 63.5 Å². The summed E-state index contributed by atoms with van der Waals surface area (Å²) >= 11 is 0. The molecule has 1 aliphatic rings. The average molecular weight is 363 g/mol. The van der Waals surface area contributed by atoms with Gasteiger partial charge in [-0.15, -0.1) is 12.4 Å². The number of fused-ring (bicyclic) bond motifs is 1. The van der Waals surface area contributed by atoms with Crippen molar-refractivity contribution >= 4 is 18.3 Å². The Labute approximate surface area is 154 Å².